The maximum Gasteiger partial charge on any atom is 0.261 e. The minimum absolute atomic E-state index is 0.0648. The van der Waals surface area contributed by atoms with Gasteiger partial charge in [0.15, 0.2) is 11.5 Å². The van der Waals surface area contributed by atoms with E-state index < -0.39 is 15.3 Å². The summed E-state index contributed by atoms with van der Waals surface area (Å²) in [7, 11) is -0.691. The number of ether oxygens (including phenoxy) is 2. The molecule has 0 saturated carbocycles. The average Bonchev–Trinajstić information content (AvgIpc) is 2.81. The van der Waals surface area contributed by atoms with Crippen molar-refractivity contribution >= 4 is 50.7 Å². The van der Waals surface area contributed by atoms with Crippen molar-refractivity contribution in [2.45, 2.75) is 28.9 Å². The van der Waals surface area contributed by atoms with Crippen LogP contribution in [0.25, 0.3) is 0 Å². The van der Waals surface area contributed by atoms with Gasteiger partial charge in [-0.2, -0.15) is 0 Å². The Labute approximate surface area is 208 Å². The number of carbonyl (C=O) groups is 1. The predicted molar refractivity (Wildman–Crippen MR) is 137 cm³/mol. The van der Waals surface area contributed by atoms with E-state index in [0.29, 0.717) is 27.9 Å². The third kappa shape index (κ3) is 6.37. The molecule has 180 valence electrons. The Bertz CT molecular complexity index is 1280. The third-order valence-electron chi connectivity index (χ3n) is 4.89. The molecule has 0 heterocycles. The quantitative estimate of drug-likeness (QED) is 0.357. The van der Waals surface area contributed by atoms with Crippen molar-refractivity contribution in [2.24, 2.45) is 0 Å². The molecule has 2 N–H and O–H groups in total. The number of benzene rings is 3. The van der Waals surface area contributed by atoms with E-state index in [9.17, 15) is 13.2 Å². The highest BCUT2D eigenvalue weighted by Crippen LogP contribution is 2.34. The van der Waals surface area contributed by atoms with Gasteiger partial charge in [0.2, 0.25) is 5.91 Å². The zero-order valence-electron chi connectivity index (χ0n) is 19.1. The van der Waals surface area contributed by atoms with Crippen LogP contribution in [0.15, 0.2) is 70.5 Å². The summed E-state index contributed by atoms with van der Waals surface area (Å²) >= 11 is 7.44. The molecule has 0 aliphatic carbocycles. The largest absolute Gasteiger partial charge is 0.493 e. The van der Waals surface area contributed by atoms with Crippen molar-refractivity contribution in [1.29, 1.82) is 0 Å². The minimum Gasteiger partial charge on any atom is -0.493 e. The number of hydrogen-bond acceptors (Lipinski definition) is 6. The highest BCUT2D eigenvalue weighted by molar-refractivity contribution is 8.00. The highest BCUT2D eigenvalue weighted by Gasteiger charge is 2.18. The third-order valence-corrected chi connectivity index (χ3v) is 7.79. The summed E-state index contributed by atoms with van der Waals surface area (Å²) in [6, 6.07) is 16.3. The predicted octanol–water partition coefficient (Wildman–Crippen LogP) is 5.59. The average molecular weight is 521 g/mol. The summed E-state index contributed by atoms with van der Waals surface area (Å²) in [5.41, 5.74) is 1.71. The van der Waals surface area contributed by atoms with Crippen molar-refractivity contribution in [2.75, 3.05) is 24.3 Å². The molecule has 1 amide bonds. The van der Waals surface area contributed by atoms with Crippen LogP contribution in [-0.2, 0) is 14.8 Å². The number of thioether (sulfide) groups is 1. The van der Waals surface area contributed by atoms with Crippen molar-refractivity contribution < 1.29 is 22.7 Å². The number of nitrogens with one attached hydrogen (secondary N) is 2. The summed E-state index contributed by atoms with van der Waals surface area (Å²) in [6.45, 7) is 3.62. The van der Waals surface area contributed by atoms with E-state index in [0.717, 1.165) is 10.5 Å². The summed E-state index contributed by atoms with van der Waals surface area (Å²) in [6.07, 6.45) is 0. The Hall–Kier alpha value is -2.88. The maximum absolute atomic E-state index is 12.7. The molecular weight excluding hydrogens is 496 g/mol. The number of methoxy groups -OCH3 is 2. The van der Waals surface area contributed by atoms with Gasteiger partial charge in [0.05, 0.1) is 30.1 Å². The second-order valence-electron chi connectivity index (χ2n) is 7.36. The molecule has 0 saturated heterocycles. The molecular formula is C24H25ClN2O5S2. The van der Waals surface area contributed by atoms with Gasteiger partial charge in [0.1, 0.15) is 0 Å². The zero-order chi connectivity index (χ0) is 24.9. The Morgan fingerprint density at radius 3 is 2.21 bits per heavy atom. The Kier molecular flexibility index (Phi) is 8.35. The van der Waals surface area contributed by atoms with Gasteiger partial charge in [0, 0.05) is 15.6 Å². The van der Waals surface area contributed by atoms with Crippen LogP contribution in [0.1, 0.15) is 12.5 Å². The number of aryl methyl sites for hydroxylation is 1. The lowest BCUT2D eigenvalue weighted by atomic mass is 10.2. The van der Waals surface area contributed by atoms with Crippen LogP contribution in [0.3, 0.4) is 0 Å². The first-order valence-electron chi connectivity index (χ1n) is 10.2. The van der Waals surface area contributed by atoms with E-state index in [1.807, 2.05) is 13.0 Å². The number of halogens is 1. The molecule has 3 rings (SSSR count). The van der Waals surface area contributed by atoms with E-state index in [4.69, 9.17) is 21.1 Å². The first-order chi connectivity index (χ1) is 16.1. The number of rotatable bonds is 9. The molecule has 1 unspecified atom stereocenters. The lowest BCUT2D eigenvalue weighted by Crippen LogP contribution is -2.22. The van der Waals surface area contributed by atoms with E-state index in [1.165, 1.54) is 23.9 Å². The van der Waals surface area contributed by atoms with Gasteiger partial charge in [-0.3, -0.25) is 9.52 Å². The topological polar surface area (TPSA) is 93.7 Å². The van der Waals surface area contributed by atoms with Crippen LogP contribution in [0, 0.1) is 6.92 Å². The van der Waals surface area contributed by atoms with Crippen molar-refractivity contribution in [3.8, 4) is 11.5 Å². The lowest BCUT2D eigenvalue weighted by molar-refractivity contribution is -0.115. The van der Waals surface area contributed by atoms with Gasteiger partial charge >= 0.3 is 0 Å². The number of sulfonamides is 1. The van der Waals surface area contributed by atoms with Gasteiger partial charge < -0.3 is 14.8 Å². The summed E-state index contributed by atoms with van der Waals surface area (Å²) in [4.78, 5) is 13.6. The van der Waals surface area contributed by atoms with E-state index in [2.05, 4.69) is 10.0 Å². The summed E-state index contributed by atoms with van der Waals surface area (Å²) in [5, 5.41) is 2.87. The molecule has 7 nitrogen and oxygen atoms in total. The van der Waals surface area contributed by atoms with Crippen LogP contribution < -0.4 is 19.5 Å². The summed E-state index contributed by atoms with van der Waals surface area (Å²) in [5.74, 6) is 0.972. The normalized spacial score (nSPS) is 12.0. The SMILES string of the molecule is COc1ccc(SC(C)C(=O)Nc2ccc(S(=O)(=O)Nc3ccc(C)c(Cl)c3)cc2)cc1OC. The van der Waals surface area contributed by atoms with Gasteiger partial charge in [-0.25, -0.2) is 8.42 Å². The zero-order valence-corrected chi connectivity index (χ0v) is 21.5. The fourth-order valence-corrected chi connectivity index (χ4v) is 5.11. The fourth-order valence-electron chi connectivity index (χ4n) is 2.98. The van der Waals surface area contributed by atoms with Gasteiger partial charge in [0.25, 0.3) is 10.0 Å². The van der Waals surface area contributed by atoms with Crippen molar-refractivity contribution in [3.05, 3.63) is 71.2 Å². The first-order valence-corrected chi connectivity index (χ1v) is 13.0. The molecule has 0 spiro atoms. The maximum atomic E-state index is 12.7. The fraction of sp³-hybridized carbons (Fsp3) is 0.208. The van der Waals surface area contributed by atoms with E-state index >= 15 is 0 Å². The Morgan fingerprint density at radius 2 is 1.59 bits per heavy atom. The number of hydrogen-bond donors (Lipinski definition) is 2. The molecule has 10 heteroatoms. The van der Waals surface area contributed by atoms with Crippen LogP contribution in [0.5, 0.6) is 11.5 Å². The van der Waals surface area contributed by atoms with Gasteiger partial charge in [-0.05, 0) is 74.0 Å². The van der Waals surface area contributed by atoms with Crippen molar-refractivity contribution in [1.82, 2.24) is 0 Å². The molecule has 0 aliphatic rings. The molecule has 0 radical (unpaired) electrons. The van der Waals surface area contributed by atoms with E-state index in [1.54, 1.807) is 63.6 Å². The molecule has 3 aromatic carbocycles. The molecule has 0 aromatic heterocycles. The Morgan fingerprint density at radius 1 is 0.941 bits per heavy atom. The molecule has 34 heavy (non-hydrogen) atoms. The molecule has 0 bridgehead atoms. The van der Waals surface area contributed by atoms with Crippen molar-refractivity contribution in [3.63, 3.8) is 0 Å². The number of carbonyl (C=O) groups excluding carboxylic acids is 1. The summed E-state index contributed by atoms with van der Waals surface area (Å²) < 4.78 is 38.4. The van der Waals surface area contributed by atoms with Gasteiger partial charge in [-0.15, -0.1) is 11.8 Å². The highest BCUT2D eigenvalue weighted by atomic mass is 35.5. The molecule has 0 fully saturated rings. The Balaban J connectivity index is 1.64. The lowest BCUT2D eigenvalue weighted by Gasteiger charge is -2.14. The van der Waals surface area contributed by atoms with E-state index in [-0.39, 0.29) is 10.8 Å². The number of amides is 1. The molecule has 3 aromatic rings. The van der Waals surface area contributed by atoms with Crippen LogP contribution in [0.4, 0.5) is 11.4 Å². The second kappa shape index (κ2) is 11.0. The monoisotopic (exact) mass is 520 g/mol. The number of anilines is 2. The van der Waals surface area contributed by atoms with Gasteiger partial charge in [-0.1, -0.05) is 17.7 Å². The van der Waals surface area contributed by atoms with Crippen LogP contribution in [-0.4, -0.2) is 33.8 Å². The first kappa shape index (κ1) is 25.7. The second-order valence-corrected chi connectivity index (χ2v) is 10.9. The standard InChI is InChI=1S/C24H25ClN2O5S2/c1-15-5-6-18(13-21(15)25)27-34(29,30)20-10-7-17(8-11-20)26-24(28)16(2)33-19-9-12-22(31-3)23(14-19)32-4/h5-14,16,27H,1-4H3,(H,26,28). The molecule has 0 aliphatic heterocycles. The smallest absolute Gasteiger partial charge is 0.261 e. The minimum atomic E-state index is -3.81. The molecule has 1 atom stereocenters. The van der Waals surface area contributed by atoms with Crippen LogP contribution in [0.2, 0.25) is 5.02 Å². The van der Waals surface area contributed by atoms with Crippen LogP contribution >= 0.6 is 23.4 Å².